The first-order chi connectivity index (χ1) is 4.39. The lowest BCUT2D eigenvalue weighted by Crippen LogP contribution is -2.40. The molecule has 0 radical (unpaired) electrons. The Kier molecular flexibility index (Phi) is 2.46. The van der Waals surface area contributed by atoms with E-state index in [-0.39, 0.29) is 0 Å². The van der Waals surface area contributed by atoms with E-state index in [1.807, 2.05) is 20.8 Å². The topological polar surface area (TPSA) is 40.5 Å². The minimum absolute atomic E-state index is 0.395. The molecule has 0 unspecified atom stereocenters. The normalized spacial score (nSPS) is 10.7. The van der Waals surface area contributed by atoms with Gasteiger partial charge in [-0.3, -0.25) is 4.90 Å². The molecule has 0 fully saturated rings. The Bertz CT molecular complexity index is 146. The summed E-state index contributed by atoms with van der Waals surface area (Å²) in [6.45, 7) is 8.82. The minimum atomic E-state index is -0.970. The molecule has 0 aliphatic rings. The van der Waals surface area contributed by atoms with Gasteiger partial charge in [-0.05, 0) is 20.8 Å². The first kappa shape index (κ1) is 9.01. The van der Waals surface area contributed by atoms with Crippen LogP contribution in [0.4, 0.5) is 4.79 Å². The molecule has 0 aliphatic carbocycles. The van der Waals surface area contributed by atoms with Crippen LogP contribution in [-0.2, 0) is 0 Å². The third-order valence-electron chi connectivity index (χ3n) is 1.11. The molecule has 3 heteroatoms. The molecular weight excluding hydrogens is 130 g/mol. The van der Waals surface area contributed by atoms with Crippen molar-refractivity contribution in [2.45, 2.75) is 26.3 Å². The fourth-order valence-corrected chi connectivity index (χ4v) is 0.639. The summed E-state index contributed by atoms with van der Waals surface area (Å²) in [5.74, 6) is 0. The van der Waals surface area contributed by atoms with E-state index in [0.29, 0.717) is 0 Å². The van der Waals surface area contributed by atoms with Gasteiger partial charge in [0, 0.05) is 11.7 Å². The molecule has 0 bridgehead atoms. The summed E-state index contributed by atoms with van der Waals surface area (Å²) in [5, 5.41) is 8.56. The molecule has 3 nitrogen and oxygen atoms in total. The molecule has 0 rings (SSSR count). The average molecular weight is 143 g/mol. The predicted molar refractivity (Wildman–Crippen MR) is 39.8 cm³/mol. The zero-order valence-electron chi connectivity index (χ0n) is 6.59. The van der Waals surface area contributed by atoms with Gasteiger partial charge in [0.1, 0.15) is 0 Å². The van der Waals surface area contributed by atoms with Gasteiger partial charge in [-0.2, -0.15) is 0 Å². The van der Waals surface area contributed by atoms with Crippen molar-refractivity contribution in [3.63, 3.8) is 0 Å². The second-order valence-electron chi connectivity index (χ2n) is 3.01. The Morgan fingerprint density at radius 2 is 2.00 bits per heavy atom. The van der Waals surface area contributed by atoms with E-state index in [1.165, 1.54) is 6.20 Å². The van der Waals surface area contributed by atoms with Crippen LogP contribution >= 0.6 is 0 Å². The van der Waals surface area contributed by atoms with Gasteiger partial charge in [-0.1, -0.05) is 6.58 Å². The first-order valence-corrected chi connectivity index (χ1v) is 3.04. The molecule has 0 aliphatic heterocycles. The van der Waals surface area contributed by atoms with Crippen molar-refractivity contribution in [3.8, 4) is 0 Å². The van der Waals surface area contributed by atoms with E-state index in [0.717, 1.165) is 4.90 Å². The second-order valence-corrected chi connectivity index (χ2v) is 3.01. The zero-order chi connectivity index (χ0) is 8.36. The quantitative estimate of drug-likeness (QED) is 0.609. The molecule has 1 N–H and O–H groups in total. The maximum absolute atomic E-state index is 10.4. The number of amides is 1. The van der Waals surface area contributed by atoms with Crippen molar-refractivity contribution in [1.29, 1.82) is 0 Å². The summed E-state index contributed by atoms with van der Waals surface area (Å²) in [6, 6.07) is 0. The summed E-state index contributed by atoms with van der Waals surface area (Å²) in [6.07, 6.45) is 0.338. The van der Waals surface area contributed by atoms with E-state index < -0.39 is 11.6 Å². The third-order valence-corrected chi connectivity index (χ3v) is 1.11. The number of hydrogen-bond acceptors (Lipinski definition) is 1. The summed E-state index contributed by atoms with van der Waals surface area (Å²) in [5.41, 5.74) is -0.395. The van der Waals surface area contributed by atoms with Crippen LogP contribution in [0.25, 0.3) is 0 Å². The van der Waals surface area contributed by atoms with E-state index in [9.17, 15) is 4.79 Å². The number of rotatable bonds is 1. The monoisotopic (exact) mass is 143 g/mol. The lowest BCUT2D eigenvalue weighted by Gasteiger charge is -2.29. The van der Waals surface area contributed by atoms with Crippen LogP contribution in [0.1, 0.15) is 20.8 Å². The molecule has 0 aromatic rings. The molecular formula is C7H13NO2. The largest absolute Gasteiger partial charge is 0.465 e. The van der Waals surface area contributed by atoms with E-state index in [4.69, 9.17) is 5.11 Å². The molecule has 0 aromatic heterocycles. The fraction of sp³-hybridized carbons (Fsp3) is 0.571. The highest BCUT2D eigenvalue weighted by atomic mass is 16.4. The highest BCUT2D eigenvalue weighted by Crippen LogP contribution is 2.12. The number of nitrogens with zero attached hydrogens (tertiary/aromatic N) is 1. The zero-order valence-corrected chi connectivity index (χ0v) is 6.59. The second kappa shape index (κ2) is 2.73. The number of carbonyl (C=O) groups is 1. The van der Waals surface area contributed by atoms with Gasteiger partial charge in [-0.15, -0.1) is 0 Å². The lowest BCUT2D eigenvalue weighted by molar-refractivity contribution is 0.130. The average Bonchev–Trinajstić information content (AvgIpc) is 1.60. The molecule has 0 aromatic carbocycles. The molecule has 0 atom stereocenters. The molecule has 1 amide bonds. The van der Waals surface area contributed by atoms with Gasteiger partial charge < -0.3 is 5.11 Å². The molecule has 10 heavy (non-hydrogen) atoms. The Morgan fingerprint density at radius 1 is 1.60 bits per heavy atom. The molecule has 0 saturated heterocycles. The maximum Gasteiger partial charge on any atom is 0.411 e. The Morgan fingerprint density at radius 3 is 2.00 bits per heavy atom. The van der Waals surface area contributed by atoms with Gasteiger partial charge in [0.15, 0.2) is 0 Å². The Labute approximate surface area is 61.0 Å². The van der Waals surface area contributed by atoms with Gasteiger partial charge in [-0.25, -0.2) is 4.79 Å². The van der Waals surface area contributed by atoms with Crippen LogP contribution in [0.2, 0.25) is 0 Å². The highest BCUT2D eigenvalue weighted by molar-refractivity contribution is 5.67. The van der Waals surface area contributed by atoms with E-state index in [2.05, 4.69) is 6.58 Å². The van der Waals surface area contributed by atoms with Gasteiger partial charge in [0.2, 0.25) is 0 Å². The molecule has 0 saturated carbocycles. The third kappa shape index (κ3) is 2.09. The smallest absolute Gasteiger partial charge is 0.411 e. The van der Waals surface area contributed by atoms with Crippen LogP contribution in [-0.4, -0.2) is 21.6 Å². The van der Waals surface area contributed by atoms with Crippen LogP contribution in [0.3, 0.4) is 0 Å². The number of hydrogen-bond donors (Lipinski definition) is 1. The molecule has 0 spiro atoms. The Balaban J connectivity index is 4.36. The fourth-order valence-electron chi connectivity index (χ4n) is 0.639. The summed E-state index contributed by atoms with van der Waals surface area (Å²) >= 11 is 0. The highest BCUT2D eigenvalue weighted by Gasteiger charge is 2.22. The SMILES string of the molecule is C=CN(C(=O)O)C(C)(C)C. The van der Waals surface area contributed by atoms with Crippen molar-refractivity contribution in [2.75, 3.05) is 0 Å². The van der Waals surface area contributed by atoms with Crippen LogP contribution in [0.5, 0.6) is 0 Å². The molecule has 0 heterocycles. The van der Waals surface area contributed by atoms with Crippen LogP contribution < -0.4 is 0 Å². The summed E-state index contributed by atoms with van der Waals surface area (Å²) < 4.78 is 0. The first-order valence-electron chi connectivity index (χ1n) is 3.04. The Hall–Kier alpha value is -0.990. The van der Waals surface area contributed by atoms with Gasteiger partial charge in [0.05, 0.1) is 0 Å². The van der Waals surface area contributed by atoms with Crippen molar-refractivity contribution in [3.05, 3.63) is 12.8 Å². The standard InChI is InChI=1S/C7H13NO2/c1-5-8(6(9)10)7(2,3)4/h5H,1H2,2-4H3,(H,9,10). The van der Waals surface area contributed by atoms with E-state index >= 15 is 0 Å². The van der Waals surface area contributed by atoms with Crippen molar-refractivity contribution in [1.82, 2.24) is 4.90 Å². The van der Waals surface area contributed by atoms with Gasteiger partial charge in [0.25, 0.3) is 0 Å². The van der Waals surface area contributed by atoms with E-state index in [1.54, 1.807) is 0 Å². The van der Waals surface area contributed by atoms with Crippen molar-refractivity contribution < 1.29 is 9.90 Å². The summed E-state index contributed by atoms with van der Waals surface area (Å²) in [4.78, 5) is 11.6. The number of carboxylic acid groups (broad SMARTS) is 1. The molecule has 58 valence electrons. The lowest BCUT2D eigenvalue weighted by atomic mass is 10.1. The predicted octanol–water partition coefficient (Wildman–Crippen LogP) is 1.91. The van der Waals surface area contributed by atoms with Gasteiger partial charge >= 0.3 is 6.09 Å². The van der Waals surface area contributed by atoms with Crippen molar-refractivity contribution in [2.24, 2.45) is 0 Å². The summed E-state index contributed by atoms with van der Waals surface area (Å²) in [7, 11) is 0. The minimum Gasteiger partial charge on any atom is -0.465 e. The van der Waals surface area contributed by atoms with Crippen LogP contribution in [0.15, 0.2) is 12.8 Å². The maximum atomic E-state index is 10.4. The van der Waals surface area contributed by atoms with Crippen molar-refractivity contribution >= 4 is 6.09 Å². The van der Waals surface area contributed by atoms with Crippen LogP contribution in [0, 0.1) is 0 Å².